The number of aromatic amines is 1. The van der Waals surface area contributed by atoms with Crippen LogP contribution >= 0.6 is 0 Å². The third-order valence-electron chi connectivity index (χ3n) is 2.37. The molecular weight excluding hydrogens is 258 g/mol. The highest BCUT2D eigenvalue weighted by atomic mass is 32.2. The first-order valence-corrected chi connectivity index (χ1v) is 7.20. The molecule has 0 atom stereocenters. The molecule has 0 amide bonds. The molecule has 0 fully saturated rings. The summed E-state index contributed by atoms with van der Waals surface area (Å²) < 4.78 is 25.7. The van der Waals surface area contributed by atoms with Gasteiger partial charge in [0, 0.05) is 13.0 Å². The summed E-state index contributed by atoms with van der Waals surface area (Å²) >= 11 is 0. The Morgan fingerprint density at radius 3 is 2.67 bits per heavy atom. The summed E-state index contributed by atoms with van der Waals surface area (Å²) in [5, 5.41) is 8.48. The van der Waals surface area contributed by atoms with Gasteiger partial charge in [0.2, 0.25) is 0 Å². The Morgan fingerprint density at radius 2 is 2.06 bits per heavy atom. The molecule has 0 unspecified atom stereocenters. The predicted octanol–water partition coefficient (Wildman–Crippen LogP) is 0.723. The van der Waals surface area contributed by atoms with Crippen molar-refractivity contribution in [3.05, 3.63) is 12.5 Å². The molecule has 0 radical (unpaired) electrons. The van der Waals surface area contributed by atoms with E-state index in [1.807, 2.05) is 0 Å². The van der Waals surface area contributed by atoms with E-state index in [0.29, 0.717) is 19.4 Å². The Kier molecular flexibility index (Phi) is 5.79. The lowest BCUT2D eigenvalue weighted by Gasteiger charge is -2.04. The van der Waals surface area contributed by atoms with Gasteiger partial charge in [-0.3, -0.25) is 4.79 Å². The van der Waals surface area contributed by atoms with Crippen molar-refractivity contribution in [1.29, 1.82) is 0 Å². The minimum absolute atomic E-state index is 0.0494. The van der Waals surface area contributed by atoms with Gasteiger partial charge in [-0.2, -0.15) is 0 Å². The SMILES string of the molecule is O=C(O)CCCCCCNS(=O)(=O)c1cnc[nH]1. The molecule has 0 spiro atoms. The molecular formula is C10H17N3O4S. The number of H-pyrrole nitrogens is 1. The first kappa shape index (κ1) is 14.7. The molecule has 102 valence electrons. The molecule has 0 aliphatic rings. The zero-order chi connectivity index (χ0) is 13.4. The fourth-order valence-corrected chi connectivity index (χ4v) is 2.41. The first-order chi connectivity index (χ1) is 8.52. The van der Waals surface area contributed by atoms with E-state index in [9.17, 15) is 13.2 Å². The molecule has 0 aliphatic carbocycles. The standard InChI is InChI=1S/C10H17N3O4S/c14-10(15)5-3-1-2-4-6-13-18(16,17)9-7-11-8-12-9/h7-8,13H,1-6H2,(H,11,12)(H,14,15). The van der Waals surface area contributed by atoms with Gasteiger partial charge in [0.15, 0.2) is 5.03 Å². The number of carboxylic acid groups (broad SMARTS) is 1. The van der Waals surface area contributed by atoms with E-state index in [1.54, 1.807) is 0 Å². The van der Waals surface area contributed by atoms with E-state index in [4.69, 9.17) is 5.11 Å². The van der Waals surface area contributed by atoms with Gasteiger partial charge in [-0.15, -0.1) is 0 Å². The van der Waals surface area contributed by atoms with Gasteiger partial charge in [-0.05, 0) is 12.8 Å². The second kappa shape index (κ2) is 7.12. The van der Waals surface area contributed by atoms with Crippen LogP contribution in [-0.4, -0.2) is 36.0 Å². The molecule has 0 saturated carbocycles. The van der Waals surface area contributed by atoms with E-state index in [1.165, 1.54) is 12.5 Å². The van der Waals surface area contributed by atoms with Gasteiger partial charge in [0.1, 0.15) is 0 Å². The van der Waals surface area contributed by atoms with Crippen molar-refractivity contribution in [2.45, 2.75) is 37.1 Å². The number of unbranched alkanes of at least 4 members (excludes halogenated alkanes) is 3. The monoisotopic (exact) mass is 275 g/mol. The van der Waals surface area contributed by atoms with E-state index < -0.39 is 16.0 Å². The number of aromatic nitrogens is 2. The number of rotatable bonds is 9. The summed E-state index contributed by atoms with van der Waals surface area (Å²) in [6.07, 6.45) is 5.63. The maximum atomic E-state index is 11.6. The van der Waals surface area contributed by atoms with Crippen molar-refractivity contribution in [3.8, 4) is 0 Å². The zero-order valence-corrected chi connectivity index (χ0v) is 10.7. The van der Waals surface area contributed by atoms with Crippen molar-refractivity contribution in [2.24, 2.45) is 0 Å². The van der Waals surface area contributed by atoms with Crippen LogP contribution in [-0.2, 0) is 14.8 Å². The van der Waals surface area contributed by atoms with Gasteiger partial charge < -0.3 is 10.1 Å². The van der Waals surface area contributed by atoms with Crippen LogP contribution in [0.25, 0.3) is 0 Å². The Morgan fingerprint density at radius 1 is 1.33 bits per heavy atom. The highest BCUT2D eigenvalue weighted by Crippen LogP contribution is 2.04. The number of hydrogen-bond donors (Lipinski definition) is 3. The summed E-state index contributed by atoms with van der Waals surface area (Å²) in [4.78, 5) is 16.4. The lowest BCUT2D eigenvalue weighted by Crippen LogP contribution is -2.25. The molecule has 0 bridgehead atoms. The summed E-state index contributed by atoms with van der Waals surface area (Å²) in [7, 11) is -3.49. The van der Waals surface area contributed by atoms with Crippen molar-refractivity contribution >= 4 is 16.0 Å². The fraction of sp³-hybridized carbons (Fsp3) is 0.600. The van der Waals surface area contributed by atoms with E-state index in [-0.39, 0.29) is 11.4 Å². The lowest BCUT2D eigenvalue weighted by atomic mass is 10.1. The molecule has 0 aromatic carbocycles. The molecule has 0 aliphatic heterocycles. The summed E-state index contributed by atoms with van der Waals surface area (Å²) in [6, 6.07) is 0. The summed E-state index contributed by atoms with van der Waals surface area (Å²) in [5.74, 6) is -0.796. The molecule has 18 heavy (non-hydrogen) atoms. The van der Waals surface area contributed by atoms with Gasteiger partial charge in [0.05, 0.1) is 12.5 Å². The van der Waals surface area contributed by atoms with Crippen LogP contribution in [0.3, 0.4) is 0 Å². The number of hydrogen-bond acceptors (Lipinski definition) is 4. The molecule has 1 aromatic heterocycles. The van der Waals surface area contributed by atoms with Crippen LogP contribution in [0.15, 0.2) is 17.6 Å². The Balaban J connectivity index is 2.13. The first-order valence-electron chi connectivity index (χ1n) is 5.72. The van der Waals surface area contributed by atoms with Crippen LogP contribution in [0.1, 0.15) is 32.1 Å². The second-order valence-corrected chi connectivity index (χ2v) is 5.61. The van der Waals surface area contributed by atoms with E-state index in [2.05, 4.69) is 14.7 Å². The molecule has 1 aromatic rings. The van der Waals surface area contributed by atoms with Gasteiger partial charge >= 0.3 is 5.97 Å². The summed E-state index contributed by atoms with van der Waals surface area (Å²) in [6.45, 7) is 0.342. The van der Waals surface area contributed by atoms with Crippen LogP contribution in [0, 0.1) is 0 Å². The predicted molar refractivity (Wildman–Crippen MR) is 64.5 cm³/mol. The third kappa shape index (κ3) is 5.28. The number of sulfonamides is 1. The van der Waals surface area contributed by atoms with Crippen LogP contribution in [0.4, 0.5) is 0 Å². The van der Waals surface area contributed by atoms with E-state index >= 15 is 0 Å². The number of imidazole rings is 1. The molecule has 8 heteroatoms. The Labute approximate surface area is 106 Å². The molecule has 7 nitrogen and oxygen atoms in total. The Hall–Kier alpha value is -1.41. The number of nitrogens with zero attached hydrogens (tertiary/aromatic N) is 1. The lowest BCUT2D eigenvalue weighted by molar-refractivity contribution is -0.137. The van der Waals surface area contributed by atoms with Crippen LogP contribution in [0.2, 0.25) is 0 Å². The maximum Gasteiger partial charge on any atom is 0.303 e. The van der Waals surface area contributed by atoms with Crippen molar-refractivity contribution in [3.63, 3.8) is 0 Å². The molecule has 3 N–H and O–H groups in total. The molecule has 1 heterocycles. The second-order valence-electron chi connectivity index (χ2n) is 3.87. The van der Waals surface area contributed by atoms with Crippen LogP contribution in [0.5, 0.6) is 0 Å². The van der Waals surface area contributed by atoms with Gasteiger partial charge in [0.25, 0.3) is 10.0 Å². The number of aliphatic carboxylic acids is 1. The minimum Gasteiger partial charge on any atom is -0.481 e. The average Bonchev–Trinajstić information content (AvgIpc) is 2.81. The highest BCUT2D eigenvalue weighted by molar-refractivity contribution is 7.89. The molecule has 0 saturated heterocycles. The highest BCUT2D eigenvalue weighted by Gasteiger charge is 2.13. The fourth-order valence-electron chi connectivity index (χ4n) is 1.43. The Bertz CT molecular complexity index is 455. The number of nitrogens with one attached hydrogen (secondary N) is 2. The van der Waals surface area contributed by atoms with Crippen molar-refractivity contribution < 1.29 is 18.3 Å². The number of carboxylic acids is 1. The minimum atomic E-state index is -3.49. The zero-order valence-electron chi connectivity index (χ0n) is 9.92. The van der Waals surface area contributed by atoms with Gasteiger partial charge in [-0.1, -0.05) is 12.8 Å². The number of carbonyl (C=O) groups is 1. The summed E-state index contributed by atoms with van der Waals surface area (Å²) in [5.41, 5.74) is 0. The largest absolute Gasteiger partial charge is 0.481 e. The maximum absolute atomic E-state index is 11.6. The van der Waals surface area contributed by atoms with Crippen molar-refractivity contribution in [1.82, 2.24) is 14.7 Å². The van der Waals surface area contributed by atoms with E-state index in [0.717, 1.165) is 12.8 Å². The normalized spacial score (nSPS) is 11.6. The molecule has 1 rings (SSSR count). The topological polar surface area (TPSA) is 112 Å². The van der Waals surface area contributed by atoms with Crippen LogP contribution < -0.4 is 4.72 Å². The smallest absolute Gasteiger partial charge is 0.303 e. The third-order valence-corrected chi connectivity index (χ3v) is 3.76. The van der Waals surface area contributed by atoms with Crippen molar-refractivity contribution in [2.75, 3.05) is 6.54 Å². The van der Waals surface area contributed by atoms with Gasteiger partial charge in [-0.25, -0.2) is 18.1 Å². The average molecular weight is 275 g/mol. The quantitative estimate of drug-likeness (QED) is 0.575.